The molecule has 0 fully saturated rings. The molecule has 0 spiro atoms. The lowest BCUT2D eigenvalue weighted by Crippen LogP contribution is -2.09. The molecule has 1 aromatic heterocycles. The summed E-state index contributed by atoms with van der Waals surface area (Å²) in [7, 11) is 0. The van der Waals surface area contributed by atoms with Gasteiger partial charge in [0.15, 0.2) is 5.78 Å². The van der Waals surface area contributed by atoms with Crippen molar-refractivity contribution in [3.05, 3.63) is 34.7 Å². The number of ketones is 1. The number of Topliss-reactive ketones (excluding diaryl/α,β-unsaturated/α-hetero) is 1. The van der Waals surface area contributed by atoms with Crippen molar-refractivity contribution in [2.45, 2.75) is 27.7 Å². The number of ether oxygens (including phenoxy) is 1. The molecule has 0 unspecified atom stereocenters. The molecule has 0 radical (unpaired) electrons. The maximum absolute atomic E-state index is 11.8. The molecule has 0 saturated carbocycles. The molecule has 0 aliphatic heterocycles. The Morgan fingerprint density at radius 1 is 1.29 bits per heavy atom. The van der Waals surface area contributed by atoms with Crippen LogP contribution >= 0.6 is 0 Å². The smallest absolute Gasteiger partial charge is 0.355 e. The molecular formula is C13H17NO3. The van der Waals surface area contributed by atoms with Gasteiger partial charge in [-0.15, -0.1) is 0 Å². The van der Waals surface area contributed by atoms with Crippen LogP contribution in [0.25, 0.3) is 0 Å². The fourth-order valence-corrected chi connectivity index (χ4v) is 1.74. The largest absolute Gasteiger partial charge is 0.457 e. The number of aromatic amines is 1. The van der Waals surface area contributed by atoms with Gasteiger partial charge in [0, 0.05) is 11.3 Å². The lowest BCUT2D eigenvalue weighted by atomic mass is 10.1. The number of H-pyrrole nitrogens is 1. The van der Waals surface area contributed by atoms with Crippen molar-refractivity contribution < 1.29 is 14.3 Å². The Morgan fingerprint density at radius 3 is 2.29 bits per heavy atom. The molecule has 0 aliphatic rings. The average molecular weight is 235 g/mol. The van der Waals surface area contributed by atoms with Crippen molar-refractivity contribution in [2.24, 2.45) is 0 Å². The topological polar surface area (TPSA) is 59.2 Å². The van der Waals surface area contributed by atoms with Gasteiger partial charge in [-0.05, 0) is 38.8 Å². The summed E-state index contributed by atoms with van der Waals surface area (Å²) in [5, 5.41) is 0. The van der Waals surface area contributed by atoms with Gasteiger partial charge >= 0.3 is 5.97 Å². The molecule has 0 aromatic carbocycles. The number of aromatic nitrogens is 1. The van der Waals surface area contributed by atoms with Crippen LogP contribution in [0, 0.1) is 13.8 Å². The second kappa shape index (κ2) is 4.99. The summed E-state index contributed by atoms with van der Waals surface area (Å²) < 4.78 is 5.04. The maximum Gasteiger partial charge on any atom is 0.355 e. The van der Waals surface area contributed by atoms with Gasteiger partial charge in [0.05, 0.1) is 0 Å². The minimum atomic E-state index is -0.457. The number of hydrogen-bond donors (Lipinski definition) is 1. The fourth-order valence-electron chi connectivity index (χ4n) is 1.74. The van der Waals surface area contributed by atoms with E-state index in [2.05, 4.69) is 11.6 Å². The van der Waals surface area contributed by atoms with Crippen LogP contribution < -0.4 is 0 Å². The molecular weight excluding hydrogens is 218 g/mol. The minimum Gasteiger partial charge on any atom is -0.457 e. The summed E-state index contributed by atoms with van der Waals surface area (Å²) in [5.41, 5.74) is 3.01. The van der Waals surface area contributed by atoms with E-state index in [0.29, 0.717) is 22.5 Å². The first kappa shape index (κ1) is 13.2. The van der Waals surface area contributed by atoms with E-state index in [-0.39, 0.29) is 12.4 Å². The Balaban J connectivity index is 3.00. The maximum atomic E-state index is 11.8. The SMILES string of the molecule is C=C(C)COC(=O)c1[nH]c(C)c(C(C)=O)c1C. The number of rotatable bonds is 4. The summed E-state index contributed by atoms with van der Waals surface area (Å²) in [6, 6.07) is 0. The van der Waals surface area contributed by atoms with Crippen molar-refractivity contribution in [3.8, 4) is 0 Å². The molecule has 1 N–H and O–H groups in total. The molecule has 4 heteroatoms. The molecule has 0 aliphatic carbocycles. The van der Waals surface area contributed by atoms with Crippen LogP contribution in [0.3, 0.4) is 0 Å². The highest BCUT2D eigenvalue weighted by atomic mass is 16.5. The molecule has 92 valence electrons. The second-order valence-corrected chi connectivity index (χ2v) is 4.21. The Morgan fingerprint density at radius 2 is 1.88 bits per heavy atom. The van der Waals surface area contributed by atoms with E-state index in [4.69, 9.17) is 4.74 Å². The van der Waals surface area contributed by atoms with Crippen LogP contribution in [0.1, 0.15) is 46.0 Å². The van der Waals surface area contributed by atoms with Gasteiger partial charge in [-0.1, -0.05) is 6.58 Å². The lowest BCUT2D eigenvalue weighted by Gasteiger charge is -2.03. The molecule has 0 bridgehead atoms. The number of hydrogen-bond acceptors (Lipinski definition) is 3. The van der Waals surface area contributed by atoms with Gasteiger partial charge in [0.25, 0.3) is 0 Å². The molecule has 17 heavy (non-hydrogen) atoms. The molecule has 0 saturated heterocycles. The minimum absolute atomic E-state index is 0.0600. The number of aryl methyl sites for hydroxylation is 1. The van der Waals surface area contributed by atoms with E-state index in [1.807, 2.05) is 0 Å². The van der Waals surface area contributed by atoms with Crippen LogP contribution in [0.15, 0.2) is 12.2 Å². The number of nitrogens with one attached hydrogen (secondary N) is 1. The van der Waals surface area contributed by atoms with Crippen LogP contribution in [0.2, 0.25) is 0 Å². The number of carbonyl (C=O) groups excluding carboxylic acids is 2. The van der Waals surface area contributed by atoms with Crippen LogP contribution in [0.4, 0.5) is 0 Å². The van der Waals surface area contributed by atoms with Gasteiger partial charge < -0.3 is 9.72 Å². The highest BCUT2D eigenvalue weighted by molar-refractivity contribution is 6.01. The Bertz CT molecular complexity index is 483. The summed E-state index contributed by atoms with van der Waals surface area (Å²) >= 11 is 0. The van der Waals surface area contributed by atoms with Crippen molar-refractivity contribution >= 4 is 11.8 Å². The van der Waals surface area contributed by atoms with Gasteiger partial charge in [0.1, 0.15) is 12.3 Å². The number of esters is 1. The van der Waals surface area contributed by atoms with Crippen LogP contribution in [-0.4, -0.2) is 23.3 Å². The van der Waals surface area contributed by atoms with Crippen molar-refractivity contribution in [1.82, 2.24) is 4.98 Å². The quantitative estimate of drug-likeness (QED) is 0.495. The zero-order valence-corrected chi connectivity index (χ0v) is 10.6. The molecule has 1 aromatic rings. The summed E-state index contributed by atoms with van der Waals surface area (Å²) in [6.45, 7) is 10.6. The third-order valence-corrected chi connectivity index (χ3v) is 2.44. The summed E-state index contributed by atoms with van der Waals surface area (Å²) in [6.07, 6.45) is 0. The Hall–Kier alpha value is -1.84. The van der Waals surface area contributed by atoms with E-state index in [0.717, 1.165) is 5.57 Å². The normalized spacial score (nSPS) is 10.1. The number of carbonyl (C=O) groups is 2. The van der Waals surface area contributed by atoms with Gasteiger partial charge in [-0.25, -0.2) is 4.79 Å². The lowest BCUT2D eigenvalue weighted by molar-refractivity contribution is 0.0533. The van der Waals surface area contributed by atoms with Gasteiger partial charge in [-0.2, -0.15) is 0 Å². The molecule has 0 atom stereocenters. The zero-order chi connectivity index (χ0) is 13.2. The van der Waals surface area contributed by atoms with Crippen LogP contribution in [-0.2, 0) is 4.74 Å². The second-order valence-electron chi connectivity index (χ2n) is 4.21. The summed E-state index contributed by atoms with van der Waals surface area (Å²) in [4.78, 5) is 26.0. The van der Waals surface area contributed by atoms with Gasteiger partial charge in [-0.3, -0.25) is 4.79 Å². The van der Waals surface area contributed by atoms with Crippen molar-refractivity contribution in [1.29, 1.82) is 0 Å². The van der Waals surface area contributed by atoms with E-state index in [9.17, 15) is 9.59 Å². The van der Waals surface area contributed by atoms with Crippen LogP contribution in [0.5, 0.6) is 0 Å². The Kier molecular flexibility index (Phi) is 3.89. The third kappa shape index (κ3) is 2.84. The van der Waals surface area contributed by atoms with E-state index >= 15 is 0 Å². The van der Waals surface area contributed by atoms with Gasteiger partial charge in [0.2, 0.25) is 0 Å². The first-order valence-electron chi connectivity index (χ1n) is 5.36. The first-order valence-corrected chi connectivity index (χ1v) is 5.36. The van der Waals surface area contributed by atoms with E-state index in [1.165, 1.54) is 6.92 Å². The standard InChI is InChI=1S/C13H17NO3/c1-7(2)6-17-13(16)12-8(3)11(10(5)15)9(4)14-12/h14H,1,6H2,2-5H3. The predicted molar refractivity (Wildman–Crippen MR) is 65.4 cm³/mol. The highest BCUT2D eigenvalue weighted by Gasteiger charge is 2.20. The Labute approximate surface area is 101 Å². The van der Waals surface area contributed by atoms with Crippen molar-refractivity contribution in [3.63, 3.8) is 0 Å². The fraction of sp³-hybridized carbons (Fsp3) is 0.385. The molecule has 0 amide bonds. The molecule has 1 heterocycles. The highest BCUT2D eigenvalue weighted by Crippen LogP contribution is 2.19. The van der Waals surface area contributed by atoms with Crippen molar-refractivity contribution in [2.75, 3.05) is 6.61 Å². The monoisotopic (exact) mass is 235 g/mol. The third-order valence-electron chi connectivity index (χ3n) is 2.44. The molecule has 4 nitrogen and oxygen atoms in total. The molecule has 1 rings (SSSR count). The van der Waals surface area contributed by atoms with E-state index in [1.54, 1.807) is 20.8 Å². The predicted octanol–water partition coefficient (Wildman–Crippen LogP) is 2.57. The summed E-state index contributed by atoms with van der Waals surface area (Å²) in [5.74, 6) is -0.517. The van der Waals surface area contributed by atoms with E-state index < -0.39 is 5.97 Å². The zero-order valence-electron chi connectivity index (χ0n) is 10.6. The average Bonchev–Trinajstić information content (AvgIpc) is 2.50. The first-order chi connectivity index (χ1) is 7.84.